The van der Waals surface area contributed by atoms with Crippen molar-refractivity contribution in [3.63, 3.8) is 0 Å². The maximum Gasteiger partial charge on any atom is 0.230 e. The molecular formula is C20H16N2O3. The van der Waals surface area contributed by atoms with E-state index >= 15 is 0 Å². The Hall–Kier alpha value is -3.47. The second-order valence-electron chi connectivity index (χ2n) is 5.68. The van der Waals surface area contributed by atoms with E-state index < -0.39 is 0 Å². The summed E-state index contributed by atoms with van der Waals surface area (Å²) in [7, 11) is 1.56. The summed E-state index contributed by atoms with van der Waals surface area (Å²) in [6.45, 7) is 0. The van der Waals surface area contributed by atoms with Crippen molar-refractivity contribution in [3.8, 4) is 11.4 Å². The number of ketones is 1. The van der Waals surface area contributed by atoms with E-state index in [1.807, 2.05) is 47.3 Å². The summed E-state index contributed by atoms with van der Waals surface area (Å²) in [6.07, 6.45) is 3.88. The van der Waals surface area contributed by atoms with Crippen molar-refractivity contribution in [1.82, 2.24) is 4.57 Å². The van der Waals surface area contributed by atoms with Gasteiger partial charge in [0.05, 0.1) is 12.8 Å². The van der Waals surface area contributed by atoms with E-state index in [-0.39, 0.29) is 11.5 Å². The molecule has 0 radical (unpaired) electrons. The zero-order valence-corrected chi connectivity index (χ0v) is 13.6. The van der Waals surface area contributed by atoms with Crippen LogP contribution in [0.3, 0.4) is 0 Å². The molecule has 0 atom stereocenters. The maximum atomic E-state index is 12.8. The topological polar surface area (TPSA) is 70.4 Å². The highest BCUT2D eigenvalue weighted by molar-refractivity contribution is 6.14. The van der Waals surface area contributed by atoms with E-state index in [2.05, 4.69) is 0 Å². The predicted octanol–water partition coefficient (Wildman–Crippen LogP) is 4.05. The summed E-state index contributed by atoms with van der Waals surface area (Å²) in [5.74, 6) is 0.485. The number of nitrogen functional groups attached to an aromatic ring is 1. The number of ether oxygens (including phenoxy) is 1. The van der Waals surface area contributed by atoms with Gasteiger partial charge in [-0.15, -0.1) is 0 Å². The van der Waals surface area contributed by atoms with E-state index in [1.54, 1.807) is 31.4 Å². The number of aromatic nitrogens is 1. The van der Waals surface area contributed by atoms with Gasteiger partial charge in [-0.25, -0.2) is 0 Å². The number of hydrogen-bond acceptors (Lipinski definition) is 4. The SMILES string of the molecule is COc1cccc(C(=O)c2oc3cc(-n4cccc4)ccc3c2N)c1. The molecule has 0 amide bonds. The average Bonchev–Trinajstić information content (AvgIpc) is 3.29. The van der Waals surface area contributed by atoms with Crippen molar-refractivity contribution in [2.45, 2.75) is 0 Å². The minimum atomic E-state index is -0.268. The predicted molar refractivity (Wildman–Crippen MR) is 96.4 cm³/mol. The molecule has 0 aliphatic carbocycles. The molecule has 0 saturated heterocycles. The van der Waals surface area contributed by atoms with Gasteiger partial charge >= 0.3 is 0 Å². The average molecular weight is 332 g/mol. The fourth-order valence-electron chi connectivity index (χ4n) is 2.84. The zero-order chi connectivity index (χ0) is 17.4. The Morgan fingerprint density at radius 1 is 1.08 bits per heavy atom. The van der Waals surface area contributed by atoms with Gasteiger partial charge in [0, 0.05) is 35.1 Å². The molecule has 0 saturated carbocycles. The van der Waals surface area contributed by atoms with Crippen molar-refractivity contribution in [2.24, 2.45) is 0 Å². The van der Waals surface area contributed by atoms with Crippen LogP contribution in [0.5, 0.6) is 5.75 Å². The lowest BCUT2D eigenvalue weighted by Crippen LogP contribution is -2.03. The van der Waals surface area contributed by atoms with Crippen LogP contribution in [0.15, 0.2) is 71.4 Å². The standard InChI is InChI=1S/C20H16N2O3/c1-24-15-6-4-5-13(11-15)19(23)20-18(21)16-8-7-14(12-17(16)25-20)22-9-2-3-10-22/h2-12H,21H2,1H3. The number of hydrogen-bond donors (Lipinski definition) is 1. The van der Waals surface area contributed by atoms with Crippen LogP contribution in [0.25, 0.3) is 16.7 Å². The van der Waals surface area contributed by atoms with Crippen molar-refractivity contribution in [1.29, 1.82) is 0 Å². The number of fused-ring (bicyclic) bond motifs is 1. The van der Waals surface area contributed by atoms with Crippen LogP contribution in [-0.2, 0) is 0 Å². The number of benzene rings is 2. The lowest BCUT2D eigenvalue weighted by molar-refractivity contribution is 0.101. The summed E-state index contributed by atoms with van der Waals surface area (Å²) >= 11 is 0. The first kappa shape index (κ1) is 15.1. The van der Waals surface area contributed by atoms with Gasteiger partial charge in [0.2, 0.25) is 5.78 Å². The monoisotopic (exact) mass is 332 g/mol. The Morgan fingerprint density at radius 2 is 1.88 bits per heavy atom. The third-order valence-corrected chi connectivity index (χ3v) is 4.15. The van der Waals surface area contributed by atoms with Crippen LogP contribution in [0, 0.1) is 0 Å². The molecule has 5 heteroatoms. The highest BCUT2D eigenvalue weighted by Gasteiger charge is 2.20. The Labute approximate surface area is 144 Å². The Morgan fingerprint density at radius 3 is 2.64 bits per heavy atom. The molecule has 5 nitrogen and oxygen atoms in total. The summed E-state index contributed by atoms with van der Waals surface area (Å²) in [6, 6.07) is 16.5. The highest BCUT2D eigenvalue weighted by Crippen LogP contribution is 2.32. The molecule has 124 valence electrons. The fraction of sp³-hybridized carbons (Fsp3) is 0.0500. The lowest BCUT2D eigenvalue weighted by atomic mass is 10.1. The van der Waals surface area contributed by atoms with Gasteiger partial charge in [-0.2, -0.15) is 0 Å². The van der Waals surface area contributed by atoms with Crippen LogP contribution < -0.4 is 10.5 Å². The molecule has 4 aromatic rings. The second-order valence-corrected chi connectivity index (χ2v) is 5.68. The molecule has 0 bridgehead atoms. The number of furan rings is 1. The van der Waals surface area contributed by atoms with Crippen LogP contribution in [-0.4, -0.2) is 17.5 Å². The maximum absolute atomic E-state index is 12.8. The Balaban J connectivity index is 1.79. The van der Waals surface area contributed by atoms with E-state index in [9.17, 15) is 4.79 Å². The second kappa shape index (κ2) is 5.87. The molecule has 2 N–H and O–H groups in total. The van der Waals surface area contributed by atoms with Crippen molar-refractivity contribution in [3.05, 3.63) is 78.3 Å². The first-order valence-corrected chi connectivity index (χ1v) is 7.81. The van der Waals surface area contributed by atoms with Gasteiger partial charge in [0.15, 0.2) is 5.76 Å². The van der Waals surface area contributed by atoms with E-state index in [0.717, 1.165) is 11.1 Å². The van der Waals surface area contributed by atoms with Crippen molar-refractivity contribution >= 4 is 22.4 Å². The smallest absolute Gasteiger partial charge is 0.230 e. The van der Waals surface area contributed by atoms with Crippen molar-refractivity contribution < 1.29 is 13.9 Å². The molecule has 2 heterocycles. The van der Waals surface area contributed by atoms with Gasteiger partial charge in [0.25, 0.3) is 0 Å². The number of carbonyl (C=O) groups excluding carboxylic acids is 1. The molecule has 2 aromatic carbocycles. The van der Waals surface area contributed by atoms with Crippen LogP contribution in [0.4, 0.5) is 5.69 Å². The normalized spacial score (nSPS) is 10.9. The van der Waals surface area contributed by atoms with Gasteiger partial charge < -0.3 is 19.5 Å². The highest BCUT2D eigenvalue weighted by atomic mass is 16.5. The van der Waals surface area contributed by atoms with Crippen molar-refractivity contribution in [2.75, 3.05) is 12.8 Å². The number of anilines is 1. The van der Waals surface area contributed by atoms with E-state index in [1.165, 1.54) is 0 Å². The van der Waals surface area contributed by atoms with Gasteiger partial charge in [-0.1, -0.05) is 12.1 Å². The summed E-state index contributed by atoms with van der Waals surface area (Å²) < 4.78 is 12.9. The van der Waals surface area contributed by atoms with Gasteiger partial charge in [-0.3, -0.25) is 4.79 Å². The first-order chi connectivity index (χ1) is 12.2. The van der Waals surface area contributed by atoms with E-state index in [0.29, 0.717) is 22.6 Å². The fourth-order valence-corrected chi connectivity index (χ4v) is 2.84. The lowest BCUT2D eigenvalue weighted by Gasteiger charge is -2.02. The zero-order valence-electron chi connectivity index (χ0n) is 13.6. The summed E-state index contributed by atoms with van der Waals surface area (Å²) in [5, 5.41) is 0.724. The van der Waals surface area contributed by atoms with Crippen LogP contribution in [0.2, 0.25) is 0 Å². The third kappa shape index (κ3) is 2.55. The quantitative estimate of drug-likeness (QED) is 0.572. The van der Waals surface area contributed by atoms with Crippen LogP contribution >= 0.6 is 0 Å². The summed E-state index contributed by atoms with van der Waals surface area (Å²) in [5.41, 5.74) is 8.50. The number of nitrogens with two attached hydrogens (primary N) is 1. The van der Waals surface area contributed by atoms with Gasteiger partial charge in [-0.05, 0) is 36.4 Å². The molecule has 0 aliphatic heterocycles. The molecule has 0 aliphatic rings. The molecule has 4 rings (SSSR count). The van der Waals surface area contributed by atoms with Crippen LogP contribution in [0.1, 0.15) is 16.1 Å². The van der Waals surface area contributed by atoms with Gasteiger partial charge in [0.1, 0.15) is 11.3 Å². The third-order valence-electron chi connectivity index (χ3n) is 4.15. The molecule has 2 aromatic heterocycles. The molecule has 0 unspecified atom stereocenters. The number of methoxy groups -OCH3 is 1. The number of nitrogens with zero attached hydrogens (tertiary/aromatic N) is 1. The Kier molecular flexibility index (Phi) is 3.54. The molecular weight excluding hydrogens is 316 g/mol. The first-order valence-electron chi connectivity index (χ1n) is 7.81. The summed E-state index contributed by atoms with van der Waals surface area (Å²) in [4.78, 5) is 12.8. The molecule has 0 fully saturated rings. The largest absolute Gasteiger partial charge is 0.497 e. The number of rotatable bonds is 4. The van der Waals surface area contributed by atoms with E-state index in [4.69, 9.17) is 14.9 Å². The Bertz CT molecular complexity index is 1060. The number of carbonyl (C=O) groups is 1. The molecule has 0 spiro atoms. The minimum absolute atomic E-state index is 0.146. The molecule has 25 heavy (non-hydrogen) atoms. The minimum Gasteiger partial charge on any atom is -0.497 e.